The van der Waals surface area contributed by atoms with Crippen LogP contribution >= 0.6 is 0 Å². The van der Waals surface area contributed by atoms with Crippen molar-refractivity contribution in [3.63, 3.8) is 0 Å². The van der Waals surface area contributed by atoms with Crippen molar-refractivity contribution < 1.29 is 19.1 Å². The van der Waals surface area contributed by atoms with Gasteiger partial charge in [0.25, 0.3) is 0 Å². The number of ether oxygens (including phenoxy) is 2. The molecule has 1 aromatic rings. The number of aryl methyl sites for hydroxylation is 1. The number of benzene rings is 1. The molecule has 0 heterocycles. The van der Waals surface area contributed by atoms with Gasteiger partial charge in [0.2, 0.25) is 11.8 Å². The Balaban J connectivity index is 2.68. The van der Waals surface area contributed by atoms with Crippen LogP contribution in [0.4, 0.5) is 0 Å². The highest BCUT2D eigenvalue weighted by Crippen LogP contribution is 2.25. The van der Waals surface area contributed by atoms with Crippen molar-refractivity contribution in [3.8, 4) is 11.5 Å². The molecule has 1 N–H and O–H groups in total. The maximum absolute atomic E-state index is 12.3. The molecule has 0 radical (unpaired) electrons. The summed E-state index contributed by atoms with van der Waals surface area (Å²) < 4.78 is 10.5. The van der Waals surface area contributed by atoms with Gasteiger partial charge in [-0.15, -0.1) is 0 Å². The van der Waals surface area contributed by atoms with Gasteiger partial charge >= 0.3 is 0 Å². The van der Waals surface area contributed by atoms with Crippen LogP contribution in [-0.4, -0.2) is 50.6 Å². The molecule has 0 spiro atoms. The third-order valence-corrected chi connectivity index (χ3v) is 3.54. The molecule has 6 nitrogen and oxygen atoms in total. The molecule has 0 saturated carbocycles. The third kappa shape index (κ3) is 5.81. The number of likely N-dealkylation sites (N-methyl/N-ethyl adjacent to an activating group) is 2. The van der Waals surface area contributed by atoms with Gasteiger partial charge in [-0.1, -0.05) is 0 Å². The molecule has 0 fully saturated rings. The van der Waals surface area contributed by atoms with E-state index >= 15 is 0 Å². The van der Waals surface area contributed by atoms with Gasteiger partial charge in [0.1, 0.15) is 11.5 Å². The van der Waals surface area contributed by atoms with Crippen molar-refractivity contribution in [1.29, 1.82) is 0 Å². The maximum Gasteiger partial charge on any atom is 0.239 e. The minimum absolute atomic E-state index is 0.0522. The number of carbonyl (C=O) groups excluding carboxylic acids is 2. The molecular weight excluding hydrogens is 296 g/mol. The van der Waals surface area contributed by atoms with E-state index in [1.54, 1.807) is 19.1 Å². The number of amides is 2. The van der Waals surface area contributed by atoms with Crippen molar-refractivity contribution in [3.05, 3.63) is 23.8 Å². The molecule has 1 rings (SSSR count). The number of methoxy groups -OCH3 is 2. The van der Waals surface area contributed by atoms with E-state index in [4.69, 9.17) is 9.47 Å². The zero-order chi connectivity index (χ0) is 17.2. The fourth-order valence-electron chi connectivity index (χ4n) is 2.28. The SMILES string of the molecule is CCNC(=O)CN(CC)C(=O)CCc1cc(OC)ccc1OC. The molecule has 6 heteroatoms. The lowest BCUT2D eigenvalue weighted by Gasteiger charge is -2.20. The van der Waals surface area contributed by atoms with Crippen molar-refractivity contribution >= 4 is 11.8 Å². The number of hydrogen-bond acceptors (Lipinski definition) is 4. The summed E-state index contributed by atoms with van der Waals surface area (Å²) in [4.78, 5) is 25.5. The molecular formula is C17H26N2O4. The van der Waals surface area contributed by atoms with Gasteiger partial charge in [-0.2, -0.15) is 0 Å². The minimum Gasteiger partial charge on any atom is -0.497 e. The predicted octanol–water partition coefficient (Wildman–Crippen LogP) is 1.62. The molecule has 0 bridgehead atoms. The van der Waals surface area contributed by atoms with E-state index in [-0.39, 0.29) is 18.4 Å². The van der Waals surface area contributed by atoms with Gasteiger partial charge in [0.05, 0.1) is 20.8 Å². The molecule has 0 aromatic heterocycles. The van der Waals surface area contributed by atoms with Crippen LogP contribution in [0.15, 0.2) is 18.2 Å². The Hall–Kier alpha value is -2.24. The van der Waals surface area contributed by atoms with Crippen molar-refractivity contribution in [1.82, 2.24) is 10.2 Å². The van der Waals surface area contributed by atoms with Gasteiger partial charge in [-0.05, 0) is 44.0 Å². The standard InChI is InChI=1S/C17H26N2O4/c1-5-18-16(20)12-19(6-2)17(21)10-7-13-11-14(22-3)8-9-15(13)23-4/h8-9,11H,5-7,10,12H2,1-4H3,(H,18,20). The predicted molar refractivity (Wildman–Crippen MR) is 88.8 cm³/mol. The van der Waals surface area contributed by atoms with E-state index in [2.05, 4.69) is 5.32 Å². The Morgan fingerprint density at radius 1 is 1.17 bits per heavy atom. The second-order valence-corrected chi connectivity index (χ2v) is 5.04. The molecule has 23 heavy (non-hydrogen) atoms. The largest absolute Gasteiger partial charge is 0.497 e. The molecule has 1 aromatic carbocycles. The number of nitrogens with zero attached hydrogens (tertiary/aromatic N) is 1. The Kier molecular flexibility index (Phi) is 7.94. The van der Waals surface area contributed by atoms with Crippen molar-refractivity contribution in [2.45, 2.75) is 26.7 Å². The van der Waals surface area contributed by atoms with Crippen LogP contribution < -0.4 is 14.8 Å². The van der Waals surface area contributed by atoms with Crippen LogP contribution in [0.2, 0.25) is 0 Å². The highest BCUT2D eigenvalue weighted by Gasteiger charge is 2.16. The van der Waals surface area contributed by atoms with E-state index in [0.29, 0.717) is 25.9 Å². The fraction of sp³-hybridized carbons (Fsp3) is 0.529. The Labute approximate surface area is 137 Å². The van der Waals surface area contributed by atoms with Gasteiger partial charge < -0.3 is 19.7 Å². The number of nitrogens with one attached hydrogen (secondary N) is 1. The van der Waals surface area contributed by atoms with Crippen molar-refractivity contribution in [2.75, 3.05) is 33.9 Å². The number of carbonyl (C=O) groups is 2. The minimum atomic E-state index is -0.137. The maximum atomic E-state index is 12.3. The van der Waals surface area contributed by atoms with E-state index in [1.807, 2.05) is 32.0 Å². The Morgan fingerprint density at radius 3 is 2.48 bits per heavy atom. The summed E-state index contributed by atoms with van der Waals surface area (Å²) in [6, 6.07) is 5.51. The van der Waals surface area contributed by atoms with Crippen LogP contribution in [0.1, 0.15) is 25.8 Å². The molecule has 0 aliphatic carbocycles. The molecule has 0 aliphatic heterocycles. The summed E-state index contributed by atoms with van der Waals surface area (Å²) in [5.74, 6) is 1.26. The summed E-state index contributed by atoms with van der Waals surface area (Å²) in [6.07, 6.45) is 0.849. The van der Waals surface area contributed by atoms with Crippen LogP contribution in [-0.2, 0) is 16.0 Å². The molecule has 128 valence electrons. The zero-order valence-corrected chi connectivity index (χ0v) is 14.3. The van der Waals surface area contributed by atoms with Gasteiger partial charge in [0.15, 0.2) is 0 Å². The summed E-state index contributed by atoms with van der Waals surface area (Å²) in [5.41, 5.74) is 0.911. The number of rotatable bonds is 9. The number of hydrogen-bond donors (Lipinski definition) is 1. The monoisotopic (exact) mass is 322 g/mol. The highest BCUT2D eigenvalue weighted by atomic mass is 16.5. The first-order valence-electron chi connectivity index (χ1n) is 7.81. The lowest BCUT2D eigenvalue weighted by Crippen LogP contribution is -2.40. The Morgan fingerprint density at radius 2 is 1.91 bits per heavy atom. The first-order chi connectivity index (χ1) is 11.0. The lowest BCUT2D eigenvalue weighted by molar-refractivity contribution is -0.135. The van der Waals surface area contributed by atoms with Crippen LogP contribution in [0.3, 0.4) is 0 Å². The smallest absolute Gasteiger partial charge is 0.239 e. The lowest BCUT2D eigenvalue weighted by atomic mass is 10.1. The summed E-state index contributed by atoms with van der Waals surface area (Å²) in [7, 11) is 3.20. The van der Waals surface area contributed by atoms with Gasteiger partial charge in [0, 0.05) is 19.5 Å². The Bertz CT molecular complexity index is 531. The second kappa shape index (κ2) is 9.71. The first kappa shape index (κ1) is 18.8. The fourth-order valence-corrected chi connectivity index (χ4v) is 2.28. The van der Waals surface area contributed by atoms with E-state index < -0.39 is 0 Å². The third-order valence-electron chi connectivity index (χ3n) is 3.54. The second-order valence-electron chi connectivity index (χ2n) is 5.04. The van der Waals surface area contributed by atoms with Crippen molar-refractivity contribution in [2.24, 2.45) is 0 Å². The topological polar surface area (TPSA) is 67.9 Å². The summed E-state index contributed by atoms with van der Waals surface area (Å²) >= 11 is 0. The first-order valence-corrected chi connectivity index (χ1v) is 7.81. The normalized spacial score (nSPS) is 10.1. The molecule has 0 unspecified atom stereocenters. The summed E-state index contributed by atoms with van der Waals surface area (Å²) in [6.45, 7) is 4.88. The van der Waals surface area contributed by atoms with Gasteiger partial charge in [-0.25, -0.2) is 0 Å². The van der Waals surface area contributed by atoms with E-state index in [1.165, 1.54) is 0 Å². The van der Waals surface area contributed by atoms with E-state index in [9.17, 15) is 9.59 Å². The average Bonchev–Trinajstić information content (AvgIpc) is 2.57. The van der Waals surface area contributed by atoms with E-state index in [0.717, 1.165) is 17.1 Å². The quantitative estimate of drug-likeness (QED) is 0.750. The van der Waals surface area contributed by atoms with Crippen LogP contribution in [0, 0.1) is 0 Å². The average molecular weight is 322 g/mol. The molecule has 0 aliphatic rings. The van der Waals surface area contributed by atoms with Gasteiger partial charge in [-0.3, -0.25) is 9.59 Å². The molecule has 0 atom stereocenters. The molecule has 2 amide bonds. The zero-order valence-electron chi connectivity index (χ0n) is 14.3. The molecule has 0 saturated heterocycles. The summed E-state index contributed by atoms with van der Waals surface area (Å²) in [5, 5.41) is 2.70. The highest BCUT2D eigenvalue weighted by molar-refractivity contribution is 5.84. The van der Waals surface area contributed by atoms with Crippen LogP contribution in [0.5, 0.6) is 11.5 Å². The van der Waals surface area contributed by atoms with Crippen LogP contribution in [0.25, 0.3) is 0 Å².